The van der Waals surface area contributed by atoms with Crippen LogP contribution in [0.5, 0.6) is 0 Å². The van der Waals surface area contributed by atoms with Gasteiger partial charge in [0.1, 0.15) is 0 Å². The van der Waals surface area contributed by atoms with Gasteiger partial charge in [0.15, 0.2) is 0 Å². The third-order valence-electron chi connectivity index (χ3n) is 6.14. The van der Waals surface area contributed by atoms with E-state index in [4.69, 9.17) is 0 Å². The highest BCUT2D eigenvalue weighted by atomic mass is 79.9. The normalized spacial score (nSPS) is 33.5. The highest BCUT2D eigenvalue weighted by Gasteiger charge is 2.44. The van der Waals surface area contributed by atoms with Gasteiger partial charge < -0.3 is 5.32 Å². The molecular formula is C19H28BrN. The summed E-state index contributed by atoms with van der Waals surface area (Å²) in [6.45, 7) is 7.15. The quantitative estimate of drug-likeness (QED) is 0.757. The SMILES string of the molecule is CC(C)C1CCC2(CCNCC2c2ccccc2Br)CC1. The maximum atomic E-state index is 3.79. The predicted molar refractivity (Wildman–Crippen MR) is 93.6 cm³/mol. The number of nitrogens with one attached hydrogen (secondary N) is 1. The Morgan fingerprint density at radius 2 is 1.86 bits per heavy atom. The lowest BCUT2D eigenvalue weighted by atomic mass is 9.58. The molecule has 21 heavy (non-hydrogen) atoms. The van der Waals surface area contributed by atoms with Gasteiger partial charge in [-0.3, -0.25) is 0 Å². The van der Waals surface area contributed by atoms with Crippen molar-refractivity contribution in [2.45, 2.75) is 51.9 Å². The summed E-state index contributed by atoms with van der Waals surface area (Å²) in [7, 11) is 0. The number of piperidine rings is 1. The third-order valence-corrected chi connectivity index (χ3v) is 6.86. The van der Waals surface area contributed by atoms with E-state index in [1.54, 1.807) is 0 Å². The Hall–Kier alpha value is -0.340. The predicted octanol–water partition coefficient (Wildman–Crippen LogP) is 5.36. The van der Waals surface area contributed by atoms with Crippen LogP contribution in [0.15, 0.2) is 28.7 Å². The first-order valence-corrected chi connectivity index (χ1v) is 9.37. The zero-order valence-electron chi connectivity index (χ0n) is 13.4. The molecule has 1 aliphatic heterocycles. The van der Waals surface area contributed by atoms with E-state index in [0.29, 0.717) is 11.3 Å². The highest BCUT2D eigenvalue weighted by molar-refractivity contribution is 9.10. The number of hydrogen-bond acceptors (Lipinski definition) is 1. The molecule has 1 unspecified atom stereocenters. The van der Waals surface area contributed by atoms with Crippen molar-refractivity contribution in [1.29, 1.82) is 0 Å². The number of hydrogen-bond donors (Lipinski definition) is 1. The van der Waals surface area contributed by atoms with E-state index in [1.807, 2.05) is 0 Å². The molecule has 1 aromatic rings. The molecule has 1 aromatic carbocycles. The lowest BCUT2D eigenvalue weighted by Gasteiger charge is -2.49. The Balaban J connectivity index is 1.84. The molecule has 3 rings (SSSR count). The van der Waals surface area contributed by atoms with E-state index in [1.165, 1.54) is 48.7 Å². The first-order chi connectivity index (χ1) is 10.1. The van der Waals surface area contributed by atoms with Crippen molar-refractivity contribution in [2.24, 2.45) is 17.3 Å². The zero-order chi connectivity index (χ0) is 14.9. The molecule has 1 aliphatic carbocycles. The second-order valence-corrected chi connectivity index (χ2v) is 8.33. The lowest BCUT2D eigenvalue weighted by Crippen LogP contribution is -2.46. The molecule has 1 spiro atoms. The Labute approximate surface area is 138 Å². The Kier molecular flexibility index (Phi) is 4.75. The molecule has 1 atom stereocenters. The summed E-state index contributed by atoms with van der Waals surface area (Å²) in [6, 6.07) is 8.86. The van der Waals surface area contributed by atoms with Crippen molar-refractivity contribution in [1.82, 2.24) is 5.32 Å². The molecule has 0 aromatic heterocycles. The summed E-state index contributed by atoms with van der Waals surface area (Å²) in [5.74, 6) is 2.48. The van der Waals surface area contributed by atoms with Crippen LogP contribution in [0.3, 0.4) is 0 Å². The van der Waals surface area contributed by atoms with Crippen LogP contribution in [0.1, 0.15) is 57.4 Å². The van der Waals surface area contributed by atoms with E-state index >= 15 is 0 Å². The van der Waals surface area contributed by atoms with Gasteiger partial charge in [-0.2, -0.15) is 0 Å². The van der Waals surface area contributed by atoms with Crippen molar-refractivity contribution >= 4 is 15.9 Å². The van der Waals surface area contributed by atoms with Gasteiger partial charge in [0.2, 0.25) is 0 Å². The fourth-order valence-electron chi connectivity index (χ4n) is 4.65. The van der Waals surface area contributed by atoms with Gasteiger partial charge in [0.25, 0.3) is 0 Å². The van der Waals surface area contributed by atoms with Gasteiger partial charge in [-0.25, -0.2) is 0 Å². The molecule has 1 nitrogen and oxygen atoms in total. The molecular weight excluding hydrogens is 322 g/mol. The van der Waals surface area contributed by atoms with Crippen LogP contribution in [-0.2, 0) is 0 Å². The van der Waals surface area contributed by atoms with E-state index in [-0.39, 0.29) is 0 Å². The standard InChI is InChI=1S/C19H28BrN/c1-14(2)15-7-9-19(10-8-15)11-12-21-13-17(19)16-5-3-4-6-18(16)20/h3-6,14-15,17,21H,7-13H2,1-2H3. The summed E-state index contributed by atoms with van der Waals surface area (Å²) < 4.78 is 1.30. The van der Waals surface area contributed by atoms with Crippen LogP contribution in [0, 0.1) is 17.3 Å². The highest BCUT2D eigenvalue weighted by Crippen LogP contribution is 2.53. The van der Waals surface area contributed by atoms with Crippen LogP contribution >= 0.6 is 15.9 Å². The van der Waals surface area contributed by atoms with Gasteiger partial charge in [-0.15, -0.1) is 0 Å². The monoisotopic (exact) mass is 349 g/mol. The number of halogens is 1. The Morgan fingerprint density at radius 1 is 1.14 bits per heavy atom. The molecule has 1 N–H and O–H groups in total. The Morgan fingerprint density at radius 3 is 2.52 bits per heavy atom. The van der Waals surface area contributed by atoms with Gasteiger partial charge >= 0.3 is 0 Å². The molecule has 2 fully saturated rings. The maximum Gasteiger partial charge on any atom is 0.0210 e. The molecule has 116 valence electrons. The maximum absolute atomic E-state index is 3.79. The van der Waals surface area contributed by atoms with E-state index in [2.05, 4.69) is 59.4 Å². The average Bonchev–Trinajstić information content (AvgIpc) is 2.49. The fraction of sp³-hybridized carbons (Fsp3) is 0.684. The van der Waals surface area contributed by atoms with E-state index < -0.39 is 0 Å². The van der Waals surface area contributed by atoms with Crippen molar-refractivity contribution in [3.05, 3.63) is 34.3 Å². The minimum absolute atomic E-state index is 0.542. The van der Waals surface area contributed by atoms with Crippen LogP contribution < -0.4 is 5.32 Å². The summed E-state index contributed by atoms with van der Waals surface area (Å²) in [6.07, 6.45) is 7.05. The van der Waals surface area contributed by atoms with Gasteiger partial charge in [0.05, 0.1) is 0 Å². The number of rotatable bonds is 2. The average molecular weight is 350 g/mol. The van der Waals surface area contributed by atoms with E-state index in [0.717, 1.165) is 18.4 Å². The molecule has 1 saturated carbocycles. The largest absolute Gasteiger partial charge is 0.316 e. The van der Waals surface area contributed by atoms with Crippen molar-refractivity contribution in [3.8, 4) is 0 Å². The third kappa shape index (κ3) is 3.07. The minimum Gasteiger partial charge on any atom is -0.316 e. The Bertz CT molecular complexity index is 474. The summed E-state index contributed by atoms with van der Waals surface area (Å²) in [5.41, 5.74) is 2.06. The molecule has 2 aliphatic rings. The summed E-state index contributed by atoms with van der Waals surface area (Å²) in [5, 5.41) is 3.65. The van der Waals surface area contributed by atoms with Crippen molar-refractivity contribution in [3.63, 3.8) is 0 Å². The molecule has 0 radical (unpaired) electrons. The van der Waals surface area contributed by atoms with Crippen molar-refractivity contribution < 1.29 is 0 Å². The van der Waals surface area contributed by atoms with Gasteiger partial charge in [0, 0.05) is 16.9 Å². The zero-order valence-corrected chi connectivity index (χ0v) is 15.0. The van der Waals surface area contributed by atoms with Crippen LogP contribution in [0.25, 0.3) is 0 Å². The van der Waals surface area contributed by atoms with E-state index in [9.17, 15) is 0 Å². The number of benzene rings is 1. The smallest absolute Gasteiger partial charge is 0.0210 e. The molecule has 0 amide bonds. The van der Waals surface area contributed by atoms with Crippen LogP contribution in [0.2, 0.25) is 0 Å². The molecule has 1 heterocycles. The summed E-state index contributed by atoms with van der Waals surface area (Å²) >= 11 is 3.79. The van der Waals surface area contributed by atoms with Crippen LogP contribution in [-0.4, -0.2) is 13.1 Å². The van der Waals surface area contributed by atoms with Crippen molar-refractivity contribution in [2.75, 3.05) is 13.1 Å². The molecule has 1 saturated heterocycles. The second-order valence-electron chi connectivity index (χ2n) is 7.47. The topological polar surface area (TPSA) is 12.0 Å². The first kappa shape index (κ1) is 15.6. The minimum atomic E-state index is 0.542. The van der Waals surface area contributed by atoms with Gasteiger partial charge in [-0.05, 0) is 67.5 Å². The van der Waals surface area contributed by atoms with Gasteiger partial charge in [-0.1, -0.05) is 48.0 Å². The molecule has 0 bridgehead atoms. The first-order valence-electron chi connectivity index (χ1n) is 8.57. The molecule has 2 heteroatoms. The lowest BCUT2D eigenvalue weighted by molar-refractivity contribution is 0.0667. The second kappa shape index (κ2) is 6.42. The fourth-order valence-corrected chi connectivity index (χ4v) is 5.21. The summed E-state index contributed by atoms with van der Waals surface area (Å²) in [4.78, 5) is 0. The van der Waals surface area contributed by atoms with Crippen LogP contribution in [0.4, 0.5) is 0 Å².